The largest absolute Gasteiger partial charge is 0.351 e. The molecule has 0 unspecified atom stereocenters. The van der Waals surface area contributed by atoms with E-state index in [9.17, 15) is 18.0 Å². The molecule has 2 rings (SSSR count). The van der Waals surface area contributed by atoms with E-state index in [-0.39, 0.29) is 18.3 Å². The summed E-state index contributed by atoms with van der Waals surface area (Å²) in [4.78, 5) is 12.4. The Hall–Kier alpha value is -1.95. The highest BCUT2D eigenvalue weighted by Crippen LogP contribution is 2.24. The van der Waals surface area contributed by atoms with Crippen molar-refractivity contribution in [3.05, 3.63) is 65.5 Å². The molecule has 2 aromatic rings. The summed E-state index contributed by atoms with van der Waals surface area (Å²) < 4.78 is 38.7. The van der Waals surface area contributed by atoms with Gasteiger partial charge in [-0.05, 0) is 42.8 Å². The lowest BCUT2D eigenvalue weighted by molar-refractivity contribution is -0.120. The molecule has 2 nitrogen and oxygen atoms in total. The predicted octanol–water partition coefficient (Wildman–Crippen LogP) is 3.90. The van der Waals surface area contributed by atoms with Crippen LogP contribution in [-0.4, -0.2) is 11.2 Å². The van der Waals surface area contributed by atoms with Gasteiger partial charge in [0.05, 0.1) is 5.25 Å². The van der Waals surface area contributed by atoms with Crippen molar-refractivity contribution in [1.29, 1.82) is 0 Å². The molecular formula is C16H14F3NOS. The molecule has 0 spiro atoms. The smallest absolute Gasteiger partial charge is 0.233 e. The fourth-order valence-electron chi connectivity index (χ4n) is 1.74. The Kier molecular flexibility index (Phi) is 5.49. The third-order valence-corrected chi connectivity index (χ3v) is 4.05. The molecule has 1 amide bonds. The molecule has 1 atom stereocenters. The summed E-state index contributed by atoms with van der Waals surface area (Å²) in [7, 11) is 0. The van der Waals surface area contributed by atoms with Gasteiger partial charge in [0.2, 0.25) is 5.91 Å². The fraction of sp³-hybridized carbons (Fsp3) is 0.188. The van der Waals surface area contributed by atoms with Crippen LogP contribution in [0.1, 0.15) is 12.5 Å². The van der Waals surface area contributed by atoms with Crippen molar-refractivity contribution in [2.24, 2.45) is 0 Å². The number of halogens is 3. The zero-order chi connectivity index (χ0) is 16.1. The molecule has 0 bridgehead atoms. The van der Waals surface area contributed by atoms with Crippen molar-refractivity contribution in [1.82, 2.24) is 5.32 Å². The minimum absolute atomic E-state index is 0.237. The molecule has 116 valence electrons. The Morgan fingerprint density at radius 1 is 1.09 bits per heavy atom. The van der Waals surface area contributed by atoms with Crippen LogP contribution in [0.25, 0.3) is 0 Å². The third-order valence-electron chi connectivity index (χ3n) is 2.95. The molecule has 2 aromatic carbocycles. The van der Waals surface area contributed by atoms with Crippen LogP contribution in [-0.2, 0) is 11.3 Å². The lowest BCUT2D eigenvalue weighted by atomic mass is 10.2. The summed E-state index contributed by atoms with van der Waals surface area (Å²) in [5, 5.41) is 2.25. The van der Waals surface area contributed by atoms with Gasteiger partial charge in [-0.25, -0.2) is 13.2 Å². The normalized spacial score (nSPS) is 12.0. The Bertz CT molecular complexity index is 661. The average molecular weight is 325 g/mol. The average Bonchev–Trinajstić information content (AvgIpc) is 2.50. The molecule has 0 aliphatic heterocycles. The summed E-state index contributed by atoms with van der Waals surface area (Å²) in [5.74, 6) is -2.43. The number of rotatable bonds is 5. The number of amides is 1. The van der Waals surface area contributed by atoms with Gasteiger partial charge in [-0.2, -0.15) is 0 Å². The first-order valence-corrected chi connectivity index (χ1v) is 7.47. The van der Waals surface area contributed by atoms with Crippen LogP contribution in [0.2, 0.25) is 0 Å². The van der Waals surface area contributed by atoms with Gasteiger partial charge in [-0.15, -0.1) is 11.8 Å². The SMILES string of the molecule is C[C@H](Sc1ccc(F)c(F)c1)C(=O)NCc1ccc(F)cc1. The Morgan fingerprint density at radius 3 is 2.41 bits per heavy atom. The third kappa shape index (κ3) is 4.53. The summed E-state index contributed by atoms with van der Waals surface area (Å²) in [5.41, 5.74) is 0.778. The van der Waals surface area contributed by atoms with Gasteiger partial charge < -0.3 is 5.32 Å². The zero-order valence-corrected chi connectivity index (χ0v) is 12.6. The molecule has 0 saturated heterocycles. The number of hydrogen-bond donors (Lipinski definition) is 1. The van der Waals surface area contributed by atoms with Gasteiger partial charge >= 0.3 is 0 Å². The summed E-state index contributed by atoms with van der Waals surface area (Å²) in [6.45, 7) is 1.95. The molecule has 0 aliphatic rings. The van der Waals surface area contributed by atoms with E-state index in [1.807, 2.05) is 0 Å². The number of thioether (sulfide) groups is 1. The molecular weight excluding hydrogens is 311 g/mol. The molecule has 6 heteroatoms. The quantitative estimate of drug-likeness (QED) is 0.845. The minimum atomic E-state index is -0.941. The molecule has 0 aliphatic carbocycles. The van der Waals surface area contributed by atoms with Gasteiger partial charge in [0.25, 0.3) is 0 Å². The van der Waals surface area contributed by atoms with Crippen LogP contribution < -0.4 is 5.32 Å². The van der Waals surface area contributed by atoms with Crippen molar-refractivity contribution >= 4 is 17.7 Å². The highest BCUT2D eigenvalue weighted by molar-refractivity contribution is 8.00. The highest BCUT2D eigenvalue weighted by Gasteiger charge is 2.15. The van der Waals surface area contributed by atoms with E-state index in [2.05, 4.69) is 5.32 Å². The van der Waals surface area contributed by atoms with Crippen LogP contribution in [0.3, 0.4) is 0 Å². The van der Waals surface area contributed by atoms with Crippen LogP contribution in [0.4, 0.5) is 13.2 Å². The first kappa shape index (κ1) is 16.4. The molecule has 0 saturated carbocycles. The second-order valence-corrected chi connectivity index (χ2v) is 6.09. The van der Waals surface area contributed by atoms with Gasteiger partial charge in [0, 0.05) is 11.4 Å². The molecule has 22 heavy (non-hydrogen) atoms. The van der Waals surface area contributed by atoms with Gasteiger partial charge in [0.1, 0.15) is 5.82 Å². The van der Waals surface area contributed by atoms with Crippen LogP contribution in [0, 0.1) is 17.5 Å². The first-order chi connectivity index (χ1) is 10.5. The number of hydrogen-bond acceptors (Lipinski definition) is 2. The first-order valence-electron chi connectivity index (χ1n) is 6.59. The lowest BCUT2D eigenvalue weighted by Crippen LogP contribution is -2.30. The Balaban J connectivity index is 1.88. The van der Waals surface area contributed by atoms with Crippen LogP contribution >= 0.6 is 11.8 Å². The van der Waals surface area contributed by atoms with Crippen LogP contribution in [0.5, 0.6) is 0 Å². The van der Waals surface area contributed by atoms with Gasteiger partial charge in [-0.3, -0.25) is 4.79 Å². The van der Waals surface area contributed by atoms with Crippen molar-refractivity contribution in [3.8, 4) is 0 Å². The second kappa shape index (κ2) is 7.35. The fourth-order valence-corrected chi connectivity index (χ4v) is 2.66. The maximum atomic E-state index is 13.1. The standard InChI is InChI=1S/C16H14F3NOS/c1-10(22-13-6-7-14(18)15(19)8-13)16(21)20-9-11-2-4-12(17)5-3-11/h2-8,10H,9H2,1H3,(H,20,21)/t10-/m0/s1. The van der Waals surface area contributed by atoms with E-state index in [0.717, 1.165) is 29.5 Å². The van der Waals surface area contributed by atoms with Crippen molar-refractivity contribution < 1.29 is 18.0 Å². The number of carbonyl (C=O) groups excluding carboxylic acids is 1. The summed E-state index contributed by atoms with van der Waals surface area (Å²) in [6, 6.07) is 9.32. The molecule has 0 radical (unpaired) electrons. The second-order valence-electron chi connectivity index (χ2n) is 4.68. The molecule has 0 fully saturated rings. The van der Waals surface area contributed by atoms with E-state index < -0.39 is 16.9 Å². The van der Waals surface area contributed by atoms with E-state index in [4.69, 9.17) is 0 Å². The van der Waals surface area contributed by atoms with Crippen LogP contribution in [0.15, 0.2) is 47.4 Å². The molecule has 0 aromatic heterocycles. The van der Waals surface area contributed by atoms with E-state index in [1.54, 1.807) is 19.1 Å². The molecule has 0 heterocycles. The predicted molar refractivity (Wildman–Crippen MR) is 79.9 cm³/mol. The monoisotopic (exact) mass is 325 g/mol. The maximum absolute atomic E-state index is 13.1. The highest BCUT2D eigenvalue weighted by atomic mass is 32.2. The maximum Gasteiger partial charge on any atom is 0.233 e. The minimum Gasteiger partial charge on any atom is -0.351 e. The van der Waals surface area contributed by atoms with E-state index in [1.165, 1.54) is 18.2 Å². The van der Waals surface area contributed by atoms with Crippen molar-refractivity contribution in [2.75, 3.05) is 0 Å². The Labute approximate surface area is 130 Å². The summed E-state index contributed by atoms with van der Waals surface area (Å²) >= 11 is 1.13. The number of nitrogens with one attached hydrogen (secondary N) is 1. The zero-order valence-electron chi connectivity index (χ0n) is 11.8. The van der Waals surface area contributed by atoms with Gasteiger partial charge in [0.15, 0.2) is 11.6 Å². The topological polar surface area (TPSA) is 29.1 Å². The van der Waals surface area contributed by atoms with Crippen molar-refractivity contribution in [2.45, 2.75) is 23.6 Å². The van der Waals surface area contributed by atoms with E-state index in [0.29, 0.717) is 4.90 Å². The number of benzene rings is 2. The van der Waals surface area contributed by atoms with Crippen molar-refractivity contribution in [3.63, 3.8) is 0 Å². The Morgan fingerprint density at radius 2 is 1.77 bits per heavy atom. The van der Waals surface area contributed by atoms with E-state index >= 15 is 0 Å². The number of carbonyl (C=O) groups is 1. The lowest BCUT2D eigenvalue weighted by Gasteiger charge is -2.12. The molecule has 1 N–H and O–H groups in total. The van der Waals surface area contributed by atoms with Gasteiger partial charge in [-0.1, -0.05) is 12.1 Å². The summed E-state index contributed by atoms with van der Waals surface area (Å²) in [6.07, 6.45) is 0.